The summed E-state index contributed by atoms with van der Waals surface area (Å²) < 4.78 is 6.13. The van der Waals surface area contributed by atoms with E-state index in [2.05, 4.69) is 15.2 Å². The number of thiazole rings is 1. The molecular weight excluding hydrogens is 280 g/mol. The van der Waals surface area contributed by atoms with Crippen LogP contribution in [0.1, 0.15) is 0 Å². The van der Waals surface area contributed by atoms with Crippen LogP contribution in [0.3, 0.4) is 0 Å². The van der Waals surface area contributed by atoms with Gasteiger partial charge < -0.3 is 10.5 Å². The first-order chi connectivity index (χ1) is 9.24. The van der Waals surface area contributed by atoms with Crippen molar-refractivity contribution in [2.45, 2.75) is 0 Å². The average molecular weight is 290 g/mol. The summed E-state index contributed by atoms with van der Waals surface area (Å²) in [5, 5.41) is 9.78. The van der Waals surface area contributed by atoms with Gasteiger partial charge in [-0.3, -0.25) is 0 Å². The highest BCUT2D eigenvalue weighted by atomic mass is 32.1. The van der Waals surface area contributed by atoms with Gasteiger partial charge in [0.2, 0.25) is 0 Å². The first-order valence-corrected chi connectivity index (χ1v) is 7.09. The number of rotatable bonds is 3. The maximum absolute atomic E-state index is 5.63. The van der Waals surface area contributed by atoms with Crippen LogP contribution in [0, 0.1) is 0 Å². The van der Waals surface area contributed by atoms with Crippen LogP contribution in [0.2, 0.25) is 0 Å². The van der Waals surface area contributed by atoms with Gasteiger partial charge in [0.05, 0.1) is 17.5 Å². The number of hydrogen-bond acceptors (Lipinski definition) is 7. The van der Waals surface area contributed by atoms with E-state index in [1.54, 1.807) is 7.11 Å². The lowest BCUT2D eigenvalue weighted by atomic mass is 10.3. The number of fused-ring (bicyclic) bond motifs is 1. The summed E-state index contributed by atoms with van der Waals surface area (Å²) in [7, 11) is 1.63. The lowest BCUT2D eigenvalue weighted by Crippen LogP contribution is -1.79. The molecular formula is C12H10N4OS2. The Balaban J connectivity index is 1.82. The average Bonchev–Trinajstić information content (AvgIpc) is 2.93. The highest BCUT2D eigenvalue weighted by Gasteiger charge is 2.06. The molecule has 0 saturated heterocycles. The number of nitrogen functional groups attached to an aromatic ring is 1. The van der Waals surface area contributed by atoms with Gasteiger partial charge in [0.1, 0.15) is 15.6 Å². The number of nitrogens with zero attached hydrogens (tertiary/aromatic N) is 3. The molecule has 0 aliphatic heterocycles. The lowest BCUT2D eigenvalue weighted by molar-refractivity contribution is 0.415. The van der Waals surface area contributed by atoms with Gasteiger partial charge in [-0.1, -0.05) is 22.7 Å². The van der Waals surface area contributed by atoms with Crippen molar-refractivity contribution in [1.29, 1.82) is 0 Å². The van der Waals surface area contributed by atoms with Crippen LogP contribution in [0.5, 0.6) is 5.75 Å². The number of aromatic nitrogens is 1. The van der Waals surface area contributed by atoms with Gasteiger partial charge in [-0.05, 0) is 30.3 Å². The first-order valence-electron chi connectivity index (χ1n) is 5.46. The molecule has 2 aromatic heterocycles. The molecule has 0 fully saturated rings. The van der Waals surface area contributed by atoms with Crippen LogP contribution in [0.4, 0.5) is 15.8 Å². The minimum atomic E-state index is 0.583. The fourth-order valence-corrected chi connectivity index (χ4v) is 3.35. The van der Waals surface area contributed by atoms with Gasteiger partial charge in [0.15, 0.2) is 5.13 Å². The van der Waals surface area contributed by atoms with E-state index in [4.69, 9.17) is 10.5 Å². The molecule has 19 heavy (non-hydrogen) atoms. The van der Waals surface area contributed by atoms with Crippen molar-refractivity contribution in [3.05, 3.63) is 30.3 Å². The van der Waals surface area contributed by atoms with E-state index >= 15 is 0 Å². The third-order valence-electron chi connectivity index (χ3n) is 2.43. The van der Waals surface area contributed by atoms with Crippen molar-refractivity contribution in [1.82, 2.24) is 4.98 Å². The molecule has 0 amide bonds. The van der Waals surface area contributed by atoms with E-state index < -0.39 is 0 Å². The van der Waals surface area contributed by atoms with Crippen LogP contribution < -0.4 is 10.5 Å². The van der Waals surface area contributed by atoms with E-state index in [-0.39, 0.29) is 0 Å². The van der Waals surface area contributed by atoms with Crippen molar-refractivity contribution < 1.29 is 4.74 Å². The van der Waals surface area contributed by atoms with Gasteiger partial charge in [-0.2, -0.15) is 0 Å². The summed E-state index contributed by atoms with van der Waals surface area (Å²) in [6.07, 6.45) is 0. The van der Waals surface area contributed by atoms with E-state index in [1.807, 2.05) is 30.3 Å². The Hall–Kier alpha value is -1.99. The second kappa shape index (κ2) is 4.94. The number of azo groups is 1. The largest absolute Gasteiger partial charge is 0.497 e. The Morgan fingerprint density at radius 1 is 1.16 bits per heavy atom. The van der Waals surface area contributed by atoms with Gasteiger partial charge >= 0.3 is 0 Å². The van der Waals surface area contributed by atoms with Crippen molar-refractivity contribution in [3.63, 3.8) is 0 Å². The fraction of sp³-hybridized carbons (Fsp3) is 0.0833. The lowest BCUT2D eigenvalue weighted by Gasteiger charge is -1.97. The Kier molecular flexibility index (Phi) is 3.14. The van der Waals surface area contributed by atoms with Crippen LogP contribution in [-0.4, -0.2) is 12.1 Å². The monoisotopic (exact) mass is 290 g/mol. The highest BCUT2D eigenvalue weighted by Crippen LogP contribution is 2.36. The second-order valence-electron chi connectivity index (χ2n) is 3.70. The molecule has 96 valence electrons. The number of benzene rings is 1. The Labute approximate surface area is 117 Å². The Morgan fingerprint density at radius 2 is 1.95 bits per heavy atom. The van der Waals surface area contributed by atoms with Gasteiger partial charge in [0, 0.05) is 0 Å². The zero-order chi connectivity index (χ0) is 13.2. The van der Waals surface area contributed by atoms with E-state index in [1.165, 1.54) is 22.7 Å². The molecule has 2 heterocycles. The molecule has 0 spiro atoms. The molecule has 0 radical (unpaired) electrons. The molecule has 0 aliphatic carbocycles. The van der Waals surface area contributed by atoms with Crippen molar-refractivity contribution in [2.75, 3.05) is 12.8 Å². The minimum Gasteiger partial charge on any atom is -0.497 e. The predicted molar refractivity (Wildman–Crippen MR) is 79.1 cm³/mol. The molecule has 1 aromatic carbocycles. The van der Waals surface area contributed by atoms with Crippen LogP contribution in [-0.2, 0) is 0 Å². The number of thiophene rings is 1. The Morgan fingerprint density at radius 3 is 2.63 bits per heavy atom. The predicted octanol–water partition coefficient (Wildman–Crippen LogP) is 4.36. The molecule has 0 bridgehead atoms. The normalized spacial score (nSPS) is 11.4. The SMILES string of the molecule is COc1ccc(N=Nc2cc3sc(N)nc3s2)cc1. The van der Waals surface area contributed by atoms with E-state index in [9.17, 15) is 0 Å². The van der Waals surface area contributed by atoms with Crippen LogP contribution >= 0.6 is 22.7 Å². The topological polar surface area (TPSA) is 72.9 Å². The molecule has 7 heteroatoms. The van der Waals surface area contributed by atoms with E-state index in [0.29, 0.717) is 5.13 Å². The molecule has 0 unspecified atom stereocenters. The Bertz CT molecular complexity index is 698. The van der Waals surface area contributed by atoms with Crippen molar-refractivity contribution in [2.24, 2.45) is 10.2 Å². The minimum absolute atomic E-state index is 0.583. The maximum atomic E-state index is 5.63. The zero-order valence-corrected chi connectivity index (χ0v) is 11.7. The summed E-state index contributed by atoms with van der Waals surface area (Å²) in [4.78, 5) is 5.12. The highest BCUT2D eigenvalue weighted by molar-refractivity contribution is 7.30. The quantitative estimate of drug-likeness (QED) is 0.728. The van der Waals surface area contributed by atoms with Crippen LogP contribution in [0.25, 0.3) is 9.53 Å². The molecule has 0 atom stereocenters. The molecule has 3 aromatic rings. The third-order valence-corrected chi connectivity index (χ3v) is 4.30. The summed E-state index contributed by atoms with van der Waals surface area (Å²) in [5.74, 6) is 0.801. The zero-order valence-electron chi connectivity index (χ0n) is 10.0. The molecule has 0 saturated carbocycles. The summed E-state index contributed by atoms with van der Waals surface area (Å²) in [5.41, 5.74) is 6.41. The number of anilines is 1. The smallest absolute Gasteiger partial charge is 0.181 e. The van der Waals surface area contributed by atoms with Crippen molar-refractivity contribution in [3.8, 4) is 5.75 Å². The molecule has 5 nitrogen and oxygen atoms in total. The van der Waals surface area contributed by atoms with Gasteiger partial charge in [0.25, 0.3) is 0 Å². The van der Waals surface area contributed by atoms with Crippen LogP contribution in [0.15, 0.2) is 40.6 Å². The molecule has 3 rings (SSSR count). The number of nitrogens with two attached hydrogens (primary N) is 1. The first kappa shape index (κ1) is 12.1. The molecule has 2 N–H and O–H groups in total. The summed E-state index contributed by atoms with van der Waals surface area (Å²) >= 11 is 2.94. The van der Waals surface area contributed by atoms with Crippen molar-refractivity contribution >= 4 is 48.0 Å². The molecule has 0 aliphatic rings. The third kappa shape index (κ3) is 2.56. The summed E-state index contributed by atoms with van der Waals surface area (Å²) in [6.45, 7) is 0. The van der Waals surface area contributed by atoms with E-state index in [0.717, 1.165) is 26.0 Å². The fourth-order valence-electron chi connectivity index (χ4n) is 1.54. The van der Waals surface area contributed by atoms with Gasteiger partial charge in [-0.25, -0.2) is 4.98 Å². The number of ether oxygens (including phenoxy) is 1. The summed E-state index contributed by atoms with van der Waals surface area (Å²) in [6, 6.07) is 9.36. The standard InChI is InChI=1S/C12H10N4OS2/c1-17-8-4-2-7(3-5-8)15-16-10-6-9-11(19-10)14-12(13)18-9/h2-6H,1H3,(H2,13,14). The number of hydrogen-bond donors (Lipinski definition) is 1. The number of methoxy groups -OCH3 is 1. The maximum Gasteiger partial charge on any atom is 0.181 e. The second-order valence-corrected chi connectivity index (χ2v) is 5.78. The van der Waals surface area contributed by atoms with Gasteiger partial charge in [-0.15, -0.1) is 10.2 Å².